The quantitative estimate of drug-likeness (QED) is 0.162. The minimum Gasteiger partial charge on any atom is -0.390 e. The summed E-state index contributed by atoms with van der Waals surface area (Å²) in [5, 5.41) is 3.53. The standard InChI is InChI=1S/C22H19F4N2O2P/c1-3-9-27-19-11(2)21(29)13-8-6-4-5-7-12(13)20(19)28-30-10-14-15(23)16(24)17(25)18(26)22(14)31/h4,6-9H,3,5,10,31H2,1-2H3/b27-9-,28-20+. The van der Waals surface area contributed by atoms with Gasteiger partial charge in [-0.2, -0.15) is 0 Å². The van der Waals surface area contributed by atoms with Gasteiger partial charge in [-0.3, -0.25) is 9.79 Å². The molecular weight excluding hydrogens is 431 g/mol. The summed E-state index contributed by atoms with van der Waals surface area (Å²) in [6.45, 7) is 2.82. The first kappa shape index (κ1) is 22.8. The van der Waals surface area contributed by atoms with Crippen molar-refractivity contribution in [3.8, 4) is 0 Å². The highest BCUT2D eigenvalue weighted by Crippen LogP contribution is 2.32. The van der Waals surface area contributed by atoms with E-state index in [1.165, 1.54) is 0 Å². The molecule has 0 aliphatic heterocycles. The van der Waals surface area contributed by atoms with Crippen LogP contribution in [0.1, 0.15) is 32.3 Å². The second kappa shape index (κ2) is 9.52. The number of hydrogen-bond donors (Lipinski definition) is 0. The molecule has 162 valence electrons. The van der Waals surface area contributed by atoms with Crippen molar-refractivity contribution < 1.29 is 27.2 Å². The molecule has 0 fully saturated rings. The van der Waals surface area contributed by atoms with Gasteiger partial charge in [0, 0.05) is 33.8 Å². The maximum atomic E-state index is 14.1. The molecule has 0 bridgehead atoms. The third-order valence-electron chi connectivity index (χ3n) is 4.74. The smallest absolute Gasteiger partial charge is 0.198 e. The molecule has 1 atom stereocenters. The van der Waals surface area contributed by atoms with Crippen molar-refractivity contribution in [2.24, 2.45) is 10.1 Å². The summed E-state index contributed by atoms with van der Waals surface area (Å²) in [6.07, 6.45) is 9.80. The Morgan fingerprint density at radius 1 is 1.13 bits per heavy atom. The van der Waals surface area contributed by atoms with Crippen LogP contribution in [0.2, 0.25) is 0 Å². The lowest BCUT2D eigenvalue weighted by Crippen LogP contribution is -2.24. The summed E-state index contributed by atoms with van der Waals surface area (Å²) in [4.78, 5) is 22.3. The Kier molecular flexibility index (Phi) is 7.01. The van der Waals surface area contributed by atoms with E-state index in [-0.39, 0.29) is 11.5 Å². The van der Waals surface area contributed by atoms with Crippen LogP contribution < -0.4 is 5.30 Å². The van der Waals surface area contributed by atoms with Gasteiger partial charge in [0.05, 0.1) is 5.70 Å². The Morgan fingerprint density at radius 2 is 1.84 bits per heavy atom. The fourth-order valence-corrected chi connectivity index (χ4v) is 3.43. The van der Waals surface area contributed by atoms with Gasteiger partial charge in [0.15, 0.2) is 29.1 Å². The SMILES string of the molecule is CC/C=N\C1=C(C)C(=O)C2=CC=CCC=C2/C1=N\OCc1c(F)c(F)c(F)c(F)c1P. The number of aliphatic imine (C=N–C) groups is 1. The number of benzene rings is 1. The first-order valence-corrected chi connectivity index (χ1v) is 10.0. The van der Waals surface area contributed by atoms with E-state index in [1.54, 1.807) is 31.4 Å². The van der Waals surface area contributed by atoms with E-state index in [1.807, 2.05) is 22.2 Å². The molecule has 0 saturated heterocycles. The van der Waals surface area contributed by atoms with Crippen LogP contribution in [0.3, 0.4) is 0 Å². The van der Waals surface area contributed by atoms with Gasteiger partial charge >= 0.3 is 0 Å². The van der Waals surface area contributed by atoms with E-state index in [0.717, 1.165) is 0 Å². The molecule has 2 aliphatic rings. The Labute approximate surface area is 179 Å². The first-order chi connectivity index (χ1) is 14.8. The lowest BCUT2D eigenvalue weighted by molar-refractivity contribution is -0.112. The molecular formula is C22H19F4N2O2P. The number of ketones is 1. The Balaban J connectivity index is 2.04. The van der Waals surface area contributed by atoms with Gasteiger partial charge in [-0.25, -0.2) is 17.6 Å². The predicted molar refractivity (Wildman–Crippen MR) is 114 cm³/mol. The molecule has 0 amide bonds. The number of oxime groups is 1. The van der Waals surface area contributed by atoms with Crippen molar-refractivity contribution in [3.63, 3.8) is 0 Å². The molecule has 1 aromatic rings. The van der Waals surface area contributed by atoms with E-state index in [9.17, 15) is 22.4 Å². The van der Waals surface area contributed by atoms with Crippen LogP contribution in [0.5, 0.6) is 0 Å². The number of nitrogens with zero attached hydrogens (tertiary/aromatic N) is 2. The highest BCUT2D eigenvalue weighted by molar-refractivity contribution is 7.27. The molecule has 1 unspecified atom stereocenters. The third-order valence-corrected chi connectivity index (χ3v) is 5.34. The van der Waals surface area contributed by atoms with Crippen molar-refractivity contribution in [1.82, 2.24) is 0 Å². The van der Waals surface area contributed by atoms with Crippen molar-refractivity contribution in [2.75, 3.05) is 0 Å². The minimum atomic E-state index is -1.93. The lowest BCUT2D eigenvalue weighted by atomic mass is 9.85. The second-order valence-corrected chi connectivity index (χ2v) is 7.32. The number of Topliss-reactive ketones (excluding diaryl/α,β-unsaturated/α-hetero) is 1. The minimum absolute atomic E-state index is 0.207. The third kappa shape index (κ3) is 4.30. The highest BCUT2D eigenvalue weighted by atomic mass is 31.0. The van der Waals surface area contributed by atoms with Gasteiger partial charge in [0.2, 0.25) is 0 Å². The normalized spacial score (nSPS) is 17.8. The Morgan fingerprint density at radius 3 is 2.55 bits per heavy atom. The van der Waals surface area contributed by atoms with E-state index in [2.05, 4.69) is 10.1 Å². The largest absolute Gasteiger partial charge is 0.390 e. The maximum absolute atomic E-state index is 14.1. The van der Waals surface area contributed by atoms with Crippen LogP contribution in [-0.2, 0) is 16.2 Å². The summed E-state index contributed by atoms with van der Waals surface area (Å²) in [5.41, 5.74) is 1.25. The zero-order chi connectivity index (χ0) is 22.7. The zero-order valence-corrected chi connectivity index (χ0v) is 18.0. The van der Waals surface area contributed by atoms with Gasteiger partial charge in [-0.1, -0.05) is 36.4 Å². The van der Waals surface area contributed by atoms with E-state index in [0.29, 0.717) is 35.3 Å². The summed E-state index contributed by atoms with van der Waals surface area (Å²) in [5.74, 6) is -7.11. The van der Waals surface area contributed by atoms with Crippen LogP contribution in [0.4, 0.5) is 17.6 Å². The molecule has 0 spiro atoms. The molecule has 0 N–H and O–H groups in total. The number of rotatable bonds is 5. The molecule has 2 aliphatic carbocycles. The predicted octanol–water partition coefficient (Wildman–Crippen LogP) is 4.77. The van der Waals surface area contributed by atoms with Crippen LogP contribution in [0.15, 0.2) is 56.9 Å². The number of carbonyl (C=O) groups excluding carboxylic acids is 1. The number of carbonyl (C=O) groups is 1. The van der Waals surface area contributed by atoms with E-state index >= 15 is 0 Å². The first-order valence-electron chi connectivity index (χ1n) is 9.45. The van der Waals surface area contributed by atoms with E-state index in [4.69, 9.17) is 4.84 Å². The average Bonchev–Trinajstić information content (AvgIpc) is 3.02. The summed E-state index contributed by atoms with van der Waals surface area (Å²) >= 11 is 0. The second-order valence-electron chi connectivity index (χ2n) is 6.75. The summed E-state index contributed by atoms with van der Waals surface area (Å²) < 4.78 is 54.9. The summed E-state index contributed by atoms with van der Waals surface area (Å²) in [6, 6.07) is 0. The van der Waals surface area contributed by atoms with Crippen LogP contribution in [-0.4, -0.2) is 17.7 Å². The van der Waals surface area contributed by atoms with Crippen LogP contribution in [0, 0.1) is 23.3 Å². The fraction of sp³-hybridized carbons (Fsp3) is 0.227. The number of hydrogen-bond acceptors (Lipinski definition) is 4. The topological polar surface area (TPSA) is 51.0 Å². The maximum Gasteiger partial charge on any atom is 0.198 e. The Bertz CT molecular complexity index is 1100. The molecule has 0 aromatic heterocycles. The van der Waals surface area contributed by atoms with Crippen molar-refractivity contribution in [2.45, 2.75) is 33.3 Å². The zero-order valence-electron chi connectivity index (χ0n) is 16.8. The monoisotopic (exact) mass is 450 g/mol. The lowest BCUT2D eigenvalue weighted by Gasteiger charge is -2.21. The molecule has 9 heteroatoms. The molecule has 4 nitrogen and oxygen atoms in total. The fourth-order valence-electron chi connectivity index (χ4n) is 3.09. The summed E-state index contributed by atoms with van der Waals surface area (Å²) in [7, 11) is 1.83. The van der Waals surface area contributed by atoms with Crippen molar-refractivity contribution in [1.29, 1.82) is 0 Å². The Hall–Kier alpha value is -2.86. The molecule has 0 radical (unpaired) electrons. The number of fused-ring (bicyclic) bond motifs is 1. The highest BCUT2D eigenvalue weighted by Gasteiger charge is 2.32. The van der Waals surface area contributed by atoms with Gasteiger partial charge in [-0.05, 0) is 19.8 Å². The van der Waals surface area contributed by atoms with E-state index < -0.39 is 40.7 Å². The van der Waals surface area contributed by atoms with Crippen molar-refractivity contribution in [3.05, 3.63) is 75.6 Å². The van der Waals surface area contributed by atoms with Crippen LogP contribution in [0.25, 0.3) is 0 Å². The van der Waals surface area contributed by atoms with Gasteiger partial charge in [0.1, 0.15) is 12.3 Å². The number of halogens is 4. The molecule has 0 saturated carbocycles. The van der Waals surface area contributed by atoms with Gasteiger partial charge < -0.3 is 4.84 Å². The molecule has 0 heterocycles. The molecule has 3 rings (SSSR count). The number of allylic oxidation sites excluding steroid dienone is 7. The van der Waals surface area contributed by atoms with Gasteiger partial charge in [0.25, 0.3) is 0 Å². The molecule has 1 aromatic carbocycles. The average molecular weight is 450 g/mol. The van der Waals surface area contributed by atoms with Gasteiger partial charge in [-0.15, -0.1) is 9.24 Å². The van der Waals surface area contributed by atoms with Crippen molar-refractivity contribution >= 4 is 32.3 Å². The molecule has 31 heavy (non-hydrogen) atoms. The van der Waals surface area contributed by atoms with Crippen LogP contribution >= 0.6 is 9.24 Å².